The molecule has 0 saturated carbocycles. The van der Waals surface area contributed by atoms with Gasteiger partial charge in [-0.1, -0.05) is 26.2 Å². The van der Waals surface area contributed by atoms with Crippen LogP contribution in [-0.2, 0) is 24.3 Å². The third-order valence-electron chi connectivity index (χ3n) is 0.489. The smallest absolute Gasteiger partial charge is 1.00 e. The van der Waals surface area contributed by atoms with Gasteiger partial charge in [0, 0.05) is 6.29 Å². The van der Waals surface area contributed by atoms with Gasteiger partial charge in [0.2, 0.25) is 0 Å². The molecule has 0 heterocycles. The molecule has 9 heavy (non-hydrogen) atoms. The van der Waals surface area contributed by atoms with Crippen LogP contribution in [0.3, 0.4) is 0 Å². The Labute approximate surface area is 70.5 Å². The molecule has 0 aliphatic carbocycles. The molecule has 0 aromatic carbocycles. The summed E-state index contributed by atoms with van der Waals surface area (Å²) < 4.78 is 0. The summed E-state index contributed by atoms with van der Waals surface area (Å²) >= 11 is 0. The first-order chi connectivity index (χ1) is 3.56. The second kappa shape index (κ2) is 4.71. The van der Waals surface area contributed by atoms with Crippen molar-refractivity contribution in [2.45, 2.75) is 20.8 Å². The maximum absolute atomic E-state index is 9.55. The molecule has 0 aromatic heterocycles. The van der Waals surface area contributed by atoms with E-state index in [0.29, 0.717) is 0 Å². The maximum atomic E-state index is 9.55. The number of rotatable bonds is 0. The summed E-state index contributed by atoms with van der Waals surface area (Å²) in [5.74, 6) is 4.93. The fourth-order valence-electron chi connectivity index (χ4n) is 0.213. The Kier molecular flexibility index (Phi) is 6.08. The third kappa shape index (κ3) is 11.4. The van der Waals surface area contributed by atoms with Gasteiger partial charge in [0.25, 0.3) is 0 Å². The fourth-order valence-corrected chi connectivity index (χ4v) is 0.213. The van der Waals surface area contributed by atoms with Crippen molar-refractivity contribution in [2.75, 3.05) is 0 Å². The van der Waals surface area contributed by atoms with E-state index >= 15 is 0 Å². The van der Waals surface area contributed by atoms with Crippen LogP contribution in [0.2, 0.25) is 0 Å². The van der Waals surface area contributed by atoms with Crippen molar-refractivity contribution in [3.8, 4) is 11.8 Å². The molecule has 0 N–H and O–H groups in total. The van der Waals surface area contributed by atoms with Crippen molar-refractivity contribution in [3.05, 3.63) is 0 Å². The van der Waals surface area contributed by atoms with Crippen molar-refractivity contribution in [3.63, 3.8) is 0 Å². The Morgan fingerprint density at radius 1 is 1.44 bits per heavy atom. The topological polar surface area (TPSA) is 17.1 Å². The van der Waals surface area contributed by atoms with E-state index in [1.807, 2.05) is 20.8 Å². The number of hydrogen-bond donors (Lipinski definition) is 0. The molecule has 0 unspecified atom stereocenters. The molecule has 0 saturated heterocycles. The number of carbonyl (C=O) groups excluding carboxylic acids is 1. The monoisotopic (exact) mass is 212 g/mol. The van der Waals surface area contributed by atoms with Crippen LogP contribution in [0.5, 0.6) is 0 Å². The first-order valence-corrected chi connectivity index (χ1v) is 2.45. The van der Waals surface area contributed by atoms with E-state index in [-0.39, 0.29) is 26.3 Å². The quantitative estimate of drug-likeness (QED) is 0.335. The molecule has 1 radical (unpaired) electrons. The van der Waals surface area contributed by atoms with Crippen LogP contribution in [-0.4, -0.2) is 6.29 Å². The summed E-state index contributed by atoms with van der Waals surface area (Å²) in [6.07, 6.45) is 1.51. The molecular weight excluding hydrogens is 201 g/mol. The average molecular weight is 211 g/mol. The van der Waals surface area contributed by atoms with Gasteiger partial charge in [0.15, 0.2) is 0 Å². The zero-order chi connectivity index (χ0) is 6.62. The van der Waals surface area contributed by atoms with Crippen LogP contribution in [0.15, 0.2) is 0 Å². The first kappa shape index (κ1) is 11.6. The van der Waals surface area contributed by atoms with Crippen LogP contribution < -0.4 is 0 Å². The van der Waals surface area contributed by atoms with Gasteiger partial charge in [-0.05, 0) is 0 Å². The molecule has 1 nitrogen and oxygen atoms in total. The predicted octanol–water partition coefficient (Wildman–Crippen LogP) is 1.26. The first-order valence-electron chi connectivity index (χ1n) is 2.45. The van der Waals surface area contributed by atoms with Gasteiger partial charge < -0.3 is 12.1 Å². The Morgan fingerprint density at radius 2 is 1.89 bits per heavy atom. The predicted molar refractivity (Wildman–Crippen MR) is 34.0 cm³/mol. The van der Waals surface area contributed by atoms with Gasteiger partial charge in [0.1, 0.15) is 0 Å². The molecule has 53 valence electrons. The molecule has 0 bridgehead atoms. The van der Waals surface area contributed by atoms with Gasteiger partial charge in [-0.3, -0.25) is 5.92 Å². The summed E-state index contributed by atoms with van der Waals surface area (Å²) in [5.41, 5.74) is -0.0720. The molecular formula is C7H10ORu-. The van der Waals surface area contributed by atoms with Crippen molar-refractivity contribution in [2.24, 2.45) is 5.41 Å². The molecule has 0 fully saturated rings. The van der Waals surface area contributed by atoms with E-state index in [2.05, 4.69) is 11.8 Å². The Morgan fingerprint density at radius 3 is 2.00 bits per heavy atom. The summed E-state index contributed by atoms with van der Waals surface area (Å²) in [7, 11) is 0. The molecule has 0 aliphatic rings. The van der Waals surface area contributed by atoms with Crippen molar-refractivity contribution in [1.82, 2.24) is 0 Å². The summed E-state index contributed by atoms with van der Waals surface area (Å²) in [6.45, 7) is 5.83. The van der Waals surface area contributed by atoms with Crippen molar-refractivity contribution in [1.29, 1.82) is 0 Å². The van der Waals surface area contributed by atoms with E-state index < -0.39 is 0 Å². The van der Waals surface area contributed by atoms with Crippen LogP contribution in [0, 0.1) is 17.3 Å². The Bertz CT molecular complexity index is 138. The van der Waals surface area contributed by atoms with E-state index in [1.54, 1.807) is 0 Å². The van der Waals surface area contributed by atoms with Gasteiger partial charge in [0.05, 0.1) is 0 Å². The van der Waals surface area contributed by atoms with Gasteiger partial charge in [-0.25, -0.2) is 0 Å². The second-order valence-electron chi connectivity index (χ2n) is 2.60. The van der Waals surface area contributed by atoms with Crippen LogP contribution in [0.4, 0.5) is 0 Å². The normalized spacial score (nSPS) is 8.33. The summed E-state index contributed by atoms with van der Waals surface area (Å²) in [6, 6.07) is 0. The minimum Gasteiger partial charge on any atom is -1.00 e. The van der Waals surface area contributed by atoms with Crippen LogP contribution in [0.25, 0.3) is 0 Å². The van der Waals surface area contributed by atoms with Crippen LogP contribution >= 0.6 is 0 Å². The summed E-state index contributed by atoms with van der Waals surface area (Å²) in [5, 5.41) is 0. The van der Waals surface area contributed by atoms with Crippen molar-refractivity contribution >= 4 is 6.29 Å². The van der Waals surface area contributed by atoms with Gasteiger partial charge in [-0.15, -0.1) is 0 Å². The molecule has 0 amide bonds. The van der Waals surface area contributed by atoms with E-state index in [4.69, 9.17) is 0 Å². The second-order valence-corrected chi connectivity index (χ2v) is 2.60. The maximum Gasteiger partial charge on any atom is 1.00 e. The minimum absolute atomic E-state index is 0. The van der Waals surface area contributed by atoms with Crippen molar-refractivity contribution < 1.29 is 25.7 Å². The third-order valence-corrected chi connectivity index (χ3v) is 0.489. The van der Waals surface area contributed by atoms with Crippen LogP contribution in [0.1, 0.15) is 22.2 Å². The molecule has 0 rings (SSSR count). The minimum atomic E-state index is -0.0720. The van der Waals surface area contributed by atoms with E-state index in [1.165, 1.54) is 6.29 Å². The molecule has 0 spiro atoms. The largest absolute Gasteiger partial charge is 1.00 e. The molecule has 0 aromatic rings. The SMILES string of the molecule is CC(C)(C)C#C[C-]=O.[H-].[Ru+]. The fraction of sp³-hybridized carbons (Fsp3) is 0.571. The Balaban J connectivity index is -0.000000245. The molecule has 0 aliphatic heterocycles. The average Bonchev–Trinajstić information content (AvgIpc) is 1.59. The number of hydrogen-bond acceptors (Lipinski definition) is 1. The standard InChI is InChI=1S/C7H9O.Ru.H/c1-7(2,3)5-4-6-8;;/h1-3H3;;/q-1;+1;-1. The van der Waals surface area contributed by atoms with E-state index in [0.717, 1.165) is 0 Å². The summed E-state index contributed by atoms with van der Waals surface area (Å²) in [4.78, 5) is 9.55. The Hall–Kier alpha value is -0.147. The molecule has 0 atom stereocenters. The van der Waals surface area contributed by atoms with Gasteiger partial charge >= 0.3 is 19.5 Å². The van der Waals surface area contributed by atoms with Gasteiger partial charge in [-0.2, -0.15) is 0 Å². The zero-order valence-electron chi connectivity index (χ0n) is 6.76. The molecule has 2 heteroatoms. The zero-order valence-corrected chi connectivity index (χ0v) is 7.50. The van der Waals surface area contributed by atoms with E-state index in [9.17, 15) is 4.79 Å².